The quantitative estimate of drug-likeness (QED) is 0.925. The van der Waals surface area contributed by atoms with Crippen LogP contribution in [-0.2, 0) is 4.79 Å². The molecule has 0 radical (unpaired) electrons. The van der Waals surface area contributed by atoms with Crippen LogP contribution in [0.1, 0.15) is 63.0 Å². The Morgan fingerprint density at radius 2 is 2.10 bits per heavy atom. The SMILES string of the molecule is CCC(=O)N1CC[C@@H]1c1cc(NC2CCCC2)nc(C)n1. The number of likely N-dealkylation sites (tertiary alicyclic amines) is 1. The summed E-state index contributed by atoms with van der Waals surface area (Å²) >= 11 is 0. The number of hydrogen-bond acceptors (Lipinski definition) is 4. The van der Waals surface area contributed by atoms with Gasteiger partial charge in [-0.1, -0.05) is 19.8 Å². The number of hydrogen-bond donors (Lipinski definition) is 1. The van der Waals surface area contributed by atoms with Gasteiger partial charge in [-0.15, -0.1) is 0 Å². The normalized spacial score (nSPS) is 22.2. The van der Waals surface area contributed by atoms with Gasteiger partial charge in [0.05, 0.1) is 11.7 Å². The minimum atomic E-state index is 0.142. The molecule has 1 atom stereocenters. The molecule has 21 heavy (non-hydrogen) atoms. The van der Waals surface area contributed by atoms with Crippen LogP contribution < -0.4 is 5.32 Å². The molecule has 2 heterocycles. The highest BCUT2D eigenvalue weighted by atomic mass is 16.2. The number of nitrogens with zero attached hydrogens (tertiary/aromatic N) is 3. The maximum atomic E-state index is 11.9. The molecule has 3 rings (SSSR count). The van der Waals surface area contributed by atoms with Crippen LogP contribution in [0.4, 0.5) is 5.82 Å². The lowest BCUT2D eigenvalue weighted by Crippen LogP contribution is -2.45. The van der Waals surface area contributed by atoms with Gasteiger partial charge in [0.2, 0.25) is 5.91 Å². The fourth-order valence-electron chi connectivity index (χ4n) is 3.31. The van der Waals surface area contributed by atoms with E-state index in [1.807, 2.05) is 24.8 Å². The third-order valence-electron chi connectivity index (χ3n) is 4.55. The Morgan fingerprint density at radius 1 is 1.33 bits per heavy atom. The number of nitrogens with one attached hydrogen (secondary N) is 1. The smallest absolute Gasteiger partial charge is 0.222 e. The molecular weight excluding hydrogens is 264 g/mol. The predicted molar refractivity (Wildman–Crippen MR) is 82.0 cm³/mol. The fourth-order valence-corrected chi connectivity index (χ4v) is 3.31. The van der Waals surface area contributed by atoms with Crippen molar-refractivity contribution in [2.24, 2.45) is 0 Å². The van der Waals surface area contributed by atoms with E-state index in [9.17, 15) is 4.79 Å². The first-order valence-electron chi connectivity index (χ1n) is 8.09. The fraction of sp³-hybridized carbons (Fsp3) is 0.688. The molecule has 0 spiro atoms. The molecule has 2 aliphatic rings. The third-order valence-corrected chi connectivity index (χ3v) is 4.55. The van der Waals surface area contributed by atoms with Crippen LogP contribution in [0.2, 0.25) is 0 Å². The highest BCUT2D eigenvalue weighted by Gasteiger charge is 2.33. The molecule has 2 fully saturated rings. The second-order valence-electron chi connectivity index (χ2n) is 6.10. The summed E-state index contributed by atoms with van der Waals surface area (Å²) in [5, 5.41) is 3.53. The molecule has 1 N–H and O–H groups in total. The Balaban J connectivity index is 1.76. The van der Waals surface area contributed by atoms with Crippen LogP contribution in [-0.4, -0.2) is 33.4 Å². The highest BCUT2D eigenvalue weighted by Crippen LogP contribution is 2.33. The van der Waals surface area contributed by atoms with Crippen LogP contribution in [0, 0.1) is 6.92 Å². The van der Waals surface area contributed by atoms with Gasteiger partial charge in [-0.05, 0) is 26.2 Å². The molecule has 1 aromatic heterocycles. The first-order valence-corrected chi connectivity index (χ1v) is 8.09. The van der Waals surface area contributed by atoms with Crippen molar-refractivity contribution < 1.29 is 4.79 Å². The van der Waals surface area contributed by atoms with Crippen molar-refractivity contribution in [1.29, 1.82) is 0 Å². The lowest BCUT2D eigenvalue weighted by molar-refractivity contribution is -0.138. The average molecular weight is 288 g/mol. The largest absolute Gasteiger partial charge is 0.367 e. The summed E-state index contributed by atoms with van der Waals surface area (Å²) in [6.45, 7) is 4.69. The number of aromatic nitrogens is 2. The zero-order valence-electron chi connectivity index (χ0n) is 12.9. The Hall–Kier alpha value is -1.65. The van der Waals surface area contributed by atoms with Crippen LogP contribution in [0.3, 0.4) is 0 Å². The maximum Gasteiger partial charge on any atom is 0.222 e. The number of anilines is 1. The molecule has 1 aliphatic carbocycles. The molecule has 0 aromatic carbocycles. The Kier molecular flexibility index (Phi) is 4.08. The summed E-state index contributed by atoms with van der Waals surface area (Å²) in [5.41, 5.74) is 0.982. The Morgan fingerprint density at radius 3 is 2.71 bits per heavy atom. The van der Waals surface area contributed by atoms with Crippen LogP contribution in [0.25, 0.3) is 0 Å². The molecule has 0 bridgehead atoms. The molecule has 1 saturated carbocycles. The van der Waals surface area contributed by atoms with Gasteiger partial charge in [0, 0.05) is 25.1 Å². The monoisotopic (exact) mass is 288 g/mol. The van der Waals surface area contributed by atoms with E-state index in [1.54, 1.807) is 0 Å². The summed E-state index contributed by atoms with van der Waals surface area (Å²) in [4.78, 5) is 22.9. The van der Waals surface area contributed by atoms with Gasteiger partial charge >= 0.3 is 0 Å². The van der Waals surface area contributed by atoms with E-state index < -0.39 is 0 Å². The van der Waals surface area contributed by atoms with Crippen molar-refractivity contribution in [3.63, 3.8) is 0 Å². The molecule has 114 valence electrons. The lowest BCUT2D eigenvalue weighted by Gasteiger charge is -2.40. The van der Waals surface area contributed by atoms with E-state index in [-0.39, 0.29) is 11.9 Å². The van der Waals surface area contributed by atoms with E-state index in [4.69, 9.17) is 0 Å². The first-order chi connectivity index (χ1) is 10.2. The number of amides is 1. The van der Waals surface area contributed by atoms with Crippen molar-refractivity contribution in [3.8, 4) is 0 Å². The van der Waals surface area contributed by atoms with E-state index in [2.05, 4.69) is 15.3 Å². The minimum Gasteiger partial charge on any atom is -0.367 e. The predicted octanol–water partition coefficient (Wildman–Crippen LogP) is 2.82. The van der Waals surface area contributed by atoms with Gasteiger partial charge < -0.3 is 10.2 Å². The molecule has 5 heteroatoms. The van der Waals surface area contributed by atoms with E-state index >= 15 is 0 Å². The zero-order valence-corrected chi connectivity index (χ0v) is 12.9. The van der Waals surface area contributed by atoms with Crippen molar-refractivity contribution >= 4 is 11.7 Å². The number of carbonyl (C=O) groups excluding carboxylic acids is 1. The van der Waals surface area contributed by atoms with Gasteiger partial charge in [-0.3, -0.25) is 4.79 Å². The first kappa shape index (κ1) is 14.3. The van der Waals surface area contributed by atoms with E-state index in [1.165, 1.54) is 25.7 Å². The summed E-state index contributed by atoms with van der Waals surface area (Å²) < 4.78 is 0. The Bertz CT molecular complexity index is 525. The second-order valence-corrected chi connectivity index (χ2v) is 6.10. The topological polar surface area (TPSA) is 58.1 Å². The van der Waals surface area contributed by atoms with Gasteiger partial charge in [-0.2, -0.15) is 0 Å². The van der Waals surface area contributed by atoms with Gasteiger partial charge in [-0.25, -0.2) is 9.97 Å². The number of rotatable bonds is 4. The molecule has 0 unspecified atom stereocenters. The zero-order chi connectivity index (χ0) is 14.8. The maximum absolute atomic E-state index is 11.9. The summed E-state index contributed by atoms with van der Waals surface area (Å²) in [6.07, 6.45) is 6.62. The molecule has 5 nitrogen and oxygen atoms in total. The van der Waals surface area contributed by atoms with Gasteiger partial charge in [0.15, 0.2) is 0 Å². The number of carbonyl (C=O) groups is 1. The van der Waals surface area contributed by atoms with Gasteiger partial charge in [0.25, 0.3) is 0 Å². The highest BCUT2D eigenvalue weighted by molar-refractivity contribution is 5.77. The van der Waals surface area contributed by atoms with E-state index in [0.717, 1.165) is 30.3 Å². The van der Waals surface area contributed by atoms with Crippen LogP contribution >= 0.6 is 0 Å². The van der Waals surface area contributed by atoms with Crippen molar-refractivity contribution in [3.05, 3.63) is 17.6 Å². The molecule has 1 saturated heterocycles. The standard InChI is InChI=1S/C16H24N4O/c1-3-16(21)20-9-8-14(20)13-10-15(18-11(2)17-13)19-12-6-4-5-7-12/h10,12,14H,3-9H2,1-2H3,(H,17,18,19)/t14-/m1/s1. The van der Waals surface area contributed by atoms with Gasteiger partial charge in [0.1, 0.15) is 11.6 Å². The molecule has 1 aliphatic heterocycles. The van der Waals surface area contributed by atoms with Crippen molar-refractivity contribution in [1.82, 2.24) is 14.9 Å². The second kappa shape index (κ2) is 6.00. The average Bonchev–Trinajstić information content (AvgIpc) is 2.89. The summed E-state index contributed by atoms with van der Waals surface area (Å²) in [6, 6.07) is 2.72. The summed E-state index contributed by atoms with van der Waals surface area (Å²) in [7, 11) is 0. The lowest BCUT2D eigenvalue weighted by atomic mass is 9.98. The van der Waals surface area contributed by atoms with Crippen LogP contribution in [0.15, 0.2) is 6.07 Å². The Labute approximate surface area is 126 Å². The molecular formula is C16H24N4O. The number of aryl methyl sites for hydroxylation is 1. The van der Waals surface area contributed by atoms with Crippen LogP contribution in [0.5, 0.6) is 0 Å². The van der Waals surface area contributed by atoms with Crippen molar-refractivity contribution in [2.75, 3.05) is 11.9 Å². The third kappa shape index (κ3) is 3.01. The minimum absolute atomic E-state index is 0.142. The summed E-state index contributed by atoms with van der Waals surface area (Å²) in [5.74, 6) is 1.91. The van der Waals surface area contributed by atoms with E-state index in [0.29, 0.717) is 12.5 Å². The van der Waals surface area contributed by atoms with Crippen molar-refractivity contribution in [2.45, 2.75) is 64.5 Å². The molecule has 1 amide bonds. The molecule has 1 aromatic rings.